The van der Waals surface area contributed by atoms with Gasteiger partial charge in [0.1, 0.15) is 5.82 Å². The van der Waals surface area contributed by atoms with E-state index in [4.69, 9.17) is 4.74 Å². The van der Waals surface area contributed by atoms with E-state index in [1.54, 1.807) is 13.3 Å². The molecule has 0 aromatic carbocycles. The van der Waals surface area contributed by atoms with Crippen molar-refractivity contribution in [3.8, 4) is 0 Å². The van der Waals surface area contributed by atoms with Gasteiger partial charge in [0.05, 0.1) is 12.2 Å². The quantitative estimate of drug-likeness (QED) is 0.815. The van der Waals surface area contributed by atoms with Gasteiger partial charge >= 0.3 is 0 Å². The zero-order valence-electron chi connectivity index (χ0n) is 13.0. The van der Waals surface area contributed by atoms with Crippen molar-refractivity contribution in [1.82, 2.24) is 10.3 Å². The van der Waals surface area contributed by atoms with E-state index < -0.39 is 0 Å². The zero-order valence-corrected chi connectivity index (χ0v) is 13.0. The molecule has 1 aromatic rings. The molecule has 1 unspecified atom stereocenters. The summed E-state index contributed by atoms with van der Waals surface area (Å²) in [5.74, 6) is 1.63. The maximum absolute atomic E-state index is 11.9. The van der Waals surface area contributed by atoms with Gasteiger partial charge in [-0.25, -0.2) is 4.98 Å². The highest BCUT2D eigenvalue weighted by atomic mass is 16.5. The number of methoxy groups -OCH3 is 1. The average Bonchev–Trinajstić information content (AvgIpc) is 2.55. The molecule has 0 spiro atoms. The molecular formula is C16H25N3O2. The fourth-order valence-electron chi connectivity index (χ4n) is 2.68. The van der Waals surface area contributed by atoms with Crippen LogP contribution in [0.2, 0.25) is 0 Å². The van der Waals surface area contributed by atoms with E-state index in [0.717, 1.165) is 24.8 Å². The summed E-state index contributed by atoms with van der Waals surface area (Å²) in [4.78, 5) is 18.7. The van der Waals surface area contributed by atoms with E-state index in [9.17, 15) is 4.79 Å². The number of ether oxygens (including phenoxy) is 1. The van der Waals surface area contributed by atoms with Gasteiger partial charge < -0.3 is 15.0 Å². The molecule has 21 heavy (non-hydrogen) atoms. The second-order valence-corrected chi connectivity index (χ2v) is 5.52. The number of hydrogen-bond acceptors (Lipinski definition) is 4. The van der Waals surface area contributed by atoms with Gasteiger partial charge in [0.15, 0.2) is 0 Å². The third kappa shape index (κ3) is 4.43. The molecule has 0 aliphatic carbocycles. The summed E-state index contributed by atoms with van der Waals surface area (Å²) in [6, 6.07) is 3.79. The fraction of sp³-hybridized carbons (Fsp3) is 0.625. The van der Waals surface area contributed by atoms with Gasteiger partial charge in [-0.1, -0.05) is 13.3 Å². The predicted molar refractivity (Wildman–Crippen MR) is 83.7 cm³/mol. The minimum absolute atomic E-state index is 0.101. The number of carbonyl (C=O) groups excluding carboxylic acids is 1. The first-order valence-electron chi connectivity index (χ1n) is 7.72. The van der Waals surface area contributed by atoms with Gasteiger partial charge in [0.25, 0.3) is 5.91 Å². The third-order valence-electron chi connectivity index (χ3n) is 4.02. The lowest BCUT2D eigenvalue weighted by Gasteiger charge is -2.33. The van der Waals surface area contributed by atoms with E-state index in [0.29, 0.717) is 18.7 Å². The number of hydrogen-bond donors (Lipinski definition) is 1. The fourth-order valence-corrected chi connectivity index (χ4v) is 2.68. The smallest absolute Gasteiger partial charge is 0.252 e. The largest absolute Gasteiger partial charge is 0.383 e. The summed E-state index contributed by atoms with van der Waals surface area (Å²) in [6.07, 6.45) is 5.41. The van der Waals surface area contributed by atoms with Gasteiger partial charge in [-0.2, -0.15) is 0 Å². The van der Waals surface area contributed by atoms with Gasteiger partial charge in [-0.15, -0.1) is 0 Å². The lowest BCUT2D eigenvalue weighted by Crippen LogP contribution is -2.35. The van der Waals surface area contributed by atoms with Crippen molar-refractivity contribution in [3.05, 3.63) is 23.9 Å². The van der Waals surface area contributed by atoms with Crippen molar-refractivity contribution < 1.29 is 9.53 Å². The molecule has 0 bridgehead atoms. The first kappa shape index (κ1) is 15.8. The Bertz CT molecular complexity index is 447. The Balaban J connectivity index is 1.93. The van der Waals surface area contributed by atoms with Crippen LogP contribution < -0.4 is 10.2 Å². The number of nitrogens with zero attached hydrogens (tertiary/aromatic N) is 2. The summed E-state index contributed by atoms with van der Waals surface area (Å²) < 4.78 is 4.91. The molecule has 0 saturated carbocycles. The maximum Gasteiger partial charge on any atom is 0.252 e. The molecule has 0 radical (unpaired) electrons. The zero-order chi connectivity index (χ0) is 15.1. The lowest BCUT2D eigenvalue weighted by molar-refractivity contribution is 0.0937. The standard InChI is InChI=1S/C16H25N3O2/c1-3-13-5-4-9-19(12-13)15-7-6-14(11-18-15)16(20)17-8-10-21-2/h6-7,11,13H,3-5,8-10,12H2,1-2H3,(H,17,20). The summed E-state index contributed by atoms with van der Waals surface area (Å²) in [7, 11) is 1.62. The molecule has 2 heterocycles. The van der Waals surface area contributed by atoms with Crippen molar-refractivity contribution >= 4 is 11.7 Å². The molecule has 5 heteroatoms. The van der Waals surface area contributed by atoms with Crippen LogP contribution in [0.4, 0.5) is 5.82 Å². The van der Waals surface area contributed by atoms with E-state index in [1.165, 1.54) is 19.3 Å². The van der Waals surface area contributed by atoms with Crippen LogP contribution in [0.15, 0.2) is 18.3 Å². The monoisotopic (exact) mass is 291 g/mol. The third-order valence-corrected chi connectivity index (χ3v) is 4.02. The maximum atomic E-state index is 11.9. The van der Waals surface area contributed by atoms with Crippen molar-refractivity contribution in [2.24, 2.45) is 5.92 Å². The highest BCUT2D eigenvalue weighted by Crippen LogP contribution is 2.23. The average molecular weight is 291 g/mol. The number of piperidine rings is 1. The Hall–Kier alpha value is -1.62. The molecule has 1 fully saturated rings. The number of aromatic nitrogens is 1. The van der Waals surface area contributed by atoms with Crippen LogP contribution in [0.25, 0.3) is 0 Å². The molecule has 1 N–H and O–H groups in total. The number of pyridine rings is 1. The van der Waals surface area contributed by atoms with Gasteiger partial charge in [0.2, 0.25) is 0 Å². The predicted octanol–water partition coefficient (Wildman–Crippen LogP) is 2.08. The van der Waals surface area contributed by atoms with Crippen LogP contribution >= 0.6 is 0 Å². The number of amides is 1. The summed E-state index contributed by atoms with van der Waals surface area (Å²) >= 11 is 0. The Morgan fingerprint density at radius 1 is 1.52 bits per heavy atom. The molecule has 1 atom stereocenters. The Kier molecular flexibility index (Phi) is 5.99. The molecule has 1 aliphatic heterocycles. The summed E-state index contributed by atoms with van der Waals surface area (Å²) in [6.45, 7) is 5.41. The van der Waals surface area contributed by atoms with Crippen molar-refractivity contribution in [3.63, 3.8) is 0 Å². The second-order valence-electron chi connectivity index (χ2n) is 5.52. The summed E-state index contributed by atoms with van der Waals surface area (Å²) in [5, 5.41) is 2.80. The van der Waals surface area contributed by atoms with Crippen LogP contribution in [0, 0.1) is 5.92 Å². The molecular weight excluding hydrogens is 266 g/mol. The number of carbonyl (C=O) groups is 1. The SMILES string of the molecule is CCC1CCCN(c2ccc(C(=O)NCCOC)cn2)C1. The van der Waals surface area contributed by atoms with Crippen molar-refractivity contribution in [1.29, 1.82) is 0 Å². The molecule has 1 saturated heterocycles. The number of rotatable bonds is 6. The van der Waals surface area contributed by atoms with Gasteiger partial charge in [-0.05, 0) is 30.9 Å². The van der Waals surface area contributed by atoms with Crippen molar-refractivity contribution in [2.75, 3.05) is 38.3 Å². The van der Waals surface area contributed by atoms with E-state index in [-0.39, 0.29) is 5.91 Å². The lowest BCUT2D eigenvalue weighted by atomic mass is 9.96. The van der Waals surface area contributed by atoms with Crippen LogP contribution in [-0.4, -0.2) is 44.2 Å². The van der Waals surface area contributed by atoms with Gasteiger partial charge in [-0.3, -0.25) is 4.79 Å². The van der Waals surface area contributed by atoms with Crippen LogP contribution in [0.5, 0.6) is 0 Å². The molecule has 116 valence electrons. The Morgan fingerprint density at radius 3 is 3.05 bits per heavy atom. The number of anilines is 1. The van der Waals surface area contributed by atoms with E-state index in [1.807, 2.05) is 12.1 Å². The van der Waals surface area contributed by atoms with E-state index in [2.05, 4.69) is 22.1 Å². The topological polar surface area (TPSA) is 54.5 Å². The molecule has 5 nitrogen and oxygen atoms in total. The van der Waals surface area contributed by atoms with Crippen molar-refractivity contribution in [2.45, 2.75) is 26.2 Å². The molecule has 1 aliphatic rings. The Morgan fingerprint density at radius 2 is 2.38 bits per heavy atom. The van der Waals surface area contributed by atoms with E-state index >= 15 is 0 Å². The molecule has 1 amide bonds. The van der Waals surface area contributed by atoms with Gasteiger partial charge in [0, 0.05) is 32.9 Å². The first-order chi connectivity index (χ1) is 10.2. The van der Waals surface area contributed by atoms with Crippen LogP contribution in [0.3, 0.4) is 0 Å². The first-order valence-corrected chi connectivity index (χ1v) is 7.72. The minimum Gasteiger partial charge on any atom is -0.383 e. The normalized spacial score (nSPS) is 18.6. The van der Waals surface area contributed by atoms with Crippen LogP contribution in [0.1, 0.15) is 36.5 Å². The molecule has 2 rings (SSSR count). The highest BCUT2D eigenvalue weighted by molar-refractivity contribution is 5.94. The Labute approximate surface area is 126 Å². The number of nitrogens with one attached hydrogen (secondary N) is 1. The second kappa shape index (κ2) is 7.98. The molecule has 1 aromatic heterocycles. The highest BCUT2D eigenvalue weighted by Gasteiger charge is 2.19. The summed E-state index contributed by atoms with van der Waals surface area (Å²) in [5.41, 5.74) is 0.596. The van der Waals surface area contributed by atoms with Crippen LogP contribution in [-0.2, 0) is 4.74 Å². The minimum atomic E-state index is -0.101.